The van der Waals surface area contributed by atoms with Crippen LogP contribution in [0.3, 0.4) is 0 Å². The predicted octanol–water partition coefficient (Wildman–Crippen LogP) is 3.48. The van der Waals surface area contributed by atoms with Gasteiger partial charge in [-0.25, -0.2) is 0 Å². The minimum absolute atomic E-state index is 0. The number of aromatic hydroxyl groups is 1. The Morgan fingerprint density at radius 3 is 1.81 bits per heavy atom. The van der Waals surface area contributed by atoms with Crippen molar-refractivity contribution >= 4 is 12.4 Å². The van der Waals surface area contributed by atoms with Gasteiger partial charge in [0.05, 0.1) is 0 Å². The quantitative estimate of drug-likeness (QED) is 0.793. The summed E-state index contributed by atoms with van der Waals surface area (Å²) in [5.74, 6) is 0.315. The molecule has 0 radical (unpaired) electrons. The molecule has 1 aromatic carbocycles. The molecule has 0 saturated heterocycles. The molecule has 16 heavy (non-hydrogen) atoms. The van der Waals surface area contributed by atoms with Gasteiger partial charge in [-0.3, -0.25) is 0 Å². The van der Waals surface area contributed by atoms with Crippen LogP contribution < -0.4 is 5.73 Å². The zero-order valence-electron chi connectivity index (χ0n) is 10.7. The van der Waals surface area contributed by atoms with Crippen molar-refractivity contribution in [1.29, 1.82) is 0 Å². The summed E-state index contributed by atoms with van der Waals surface area (Å²) in [5, 5.41) is 9.46. The molecule has 0 spiro atoms. The average molecular weight is 244 g/mol. The highest BCUT2D eigenvalue weighted by Crippen LogP contribution is 2.35. The van der Waals surface area contributed by atoms with Gasteiger partial charge < -0.3 is 10.8 Å². The largest absolute Gasteiger partial charge is 0.508 e. The first-order valence-corrected chi connectivity index (χ1v) is 5.29. The fourth-order valence-corrected chi connectivity index (χ4v) is 1.88. The van der Waals surface area contributed by atoms with E-state index in [1.54, 1.807) is 12.1 Å². The maximum absolute atomic E-state index is 9.46. The third kappa shape index (κ3) is 3.13. The molecular formula is C13H22ClNO. The van der Waals surface area contributed by atoms with E-state index in [4.69, 9.17) is 5.73 Å². The summed E-state index contributed by atoms with van der Waals surface area (Å²) in [6.45, 7) is 10.4. The van der Waals surface area contributed by atoms with Crippen molar-refractivity contribution in [2.45, 2.75) is 40.7 Å². The lowest BCUT2D eigenvalue weighted by Crippen LogP contribution is -2.27. The summed E-state index contributed by atoms with van der Waals surface area (Å²) in [4.78, 5) is 0. The summed E-state index contributed by atoms with van der Waals surface area (Å²) in [7, 11) is 0. The maximum atomic E-state index is 9.46. The molecular weight excluding hydrogens is 222 g/mol. The van der Waals surface area contributed by atoms with Gasteiger partial charge in [-0.05, 0) is 48.1 Å². The van der Waals surface area contributed by atoms with Crippen molar-refractivity contribution in [2.24, 2.45) is 11.1 Å². The molecule has 3 heteroatoms. The number of benzene rings is 1. The van der Waals surface area contributed by atoms with Gasteiger partial charge >= 0.3 is 0 Å². The lowest BCUT2D eigenvalue weighted by atomic mass is 9.80. The van der Waals surface area contributed by atoms with Crippen molar-refractivity contribution in [3.05, 3.63) is 28.8 Å². The molecule has 1 atom stereocenters. The third-order valence-electron chi connectivity index (χ3n) is 2.82. The zero-order chi connectivity index (χ0) is 11.8. The molecule has 0 bridgehead atoms. The van der Waals surface area contributed by atoms with E-state index in [9.17, 15) is 5.11 Å². The first-order chi connectivity index (χ1) is 6.73. The van der Waals surface area contributed by atoms with Crippen LogP contribution in [0, 0.1) is 19.3 Å². The van der Waals surface area contributed by atoms with Crippen LogP contribution in [0.4, 0.5) is 0 Å². The van der Waals surface area contributed by atoms with Gasteiger partial charge in [0.25, 0.3) is 0 Å². The van der Waals surface area contributed by atoms with Crippen LogP contribution in [0.2, 0.25) is 0 Å². The number of hydrogen-bond donors (Lipinski definition) is 2. The second-order valence-corrected chi connectivity index (χ2v) is 5.34. The molecule has 2 nitrogen and oxygen atoms in total. The molecule has 0 saturated carbocycles. The Morgan fingerprint density at radius 2 is 1.50 bits per heavy atom. The highest BCUT2D eigenvalue weighted by molar-refractivity contribution is 5.85. The number of halogens is 1. The van der Waals surface area contributed by atoms with Crippen molar-refractivity contribution < 1.29 is 5.11 Å². The van der Waals surface area contributed by atoms with Gasteiger partial charge in [0.15, 0.2) is 0 Å². The topological polar surface area (TPSA) is 46.2 Å². The van der Waals surface area contributed by atoms with E-state index >= 15 is 0 Å². The molecule has 0 heterocycles. The molecule has 0 unspecified atom stereocenters. The second-order valence-electron chi connectivity index (χ2n) is 5.34. The lowest BCUT2D eigenvalue weighted by Gasteiger charge is -2.30. The summed E-state index contributed by atoms with van der Waals surface area (Å²) in [6, 6.07) is 3.54. The Hall–Kier alpha value is -0.730. The van der Waals surface area contributed by atoms with Crippen LogP contribution in [0.25, 0.3) is 0 Å². The van der Waals surface area contributed by atoms with Crippen molar-refractivity contribution in [3.8, 4) is 5.75 Å². The van der Waals surface area contributed by atoms with Crippen LogP contribution in [-0.4, -0.2) is 5.11 Å². The first kappa shape index (κ1) is 15.3. The predicted molar refractivity (Wildman–Crippen MR) is 71.2 cm³/mol. The van der Waals surface area contributed by atoms with E-state index in [0.717, 1.165) is 16.7 Å². The molecule has 3 N–H and O–H groups in total. The first-order valence-electron chi connectivity index (χ1n) is 5.29. The Bertz CT molecular complexity index is 346. The number of nitrogens with two attached hydrogens (primary N) is 1. The minimum atomic E-state index is -0.00176. The van der Waals surface area contributed by atoms with Crippen LogP contribution in [-0.2, 0) is 0 Å². The minimum Gasteiger partial charge on any atom is -0.508 e. The Balaban J connectivity index is 0.00000225. The number of hydrogen-bond acceptors (Lipinski definition) is 2. The molecule has 0 aliphatic rings. The van der Waals surface area contributed by atoms with E-state index in [0.29, 0.717) is 5.75 Å². The van der Waals surface area contributed by atoms with Gasteiger partial charge in [-0.15, -0.1) is 12.4 Å². The molecule has 0 amide bonds. The van der Waals surface area contributed by atoms with Gasteiger partial charge in [0.2, 0.25) is 0 Å². The molecule has 0 aromatic heterocycles. The maximum Gasteiger partial charge on any atom is 0.116 e. The molecule has 0 aliphatic carbocycles. The van der Waals surface area contributed by atoms with E-state index in [1.807, 2.05) is 13.8 Å². The van der Waals surface area contributed by atoms with Crippen molar-refractivity contribution in [3.63, 3.8) is 0 Å². The van der Waals surface area contributed by atoms with Crippen LogP contribution in [0.1, 0.15) is 43.5 Å². The number of aryl methyl sites for hydroxylation is 2. The fraction of sp³-hybridized carbons (Fsp3) is 0.538. The van der Waals surface area contributed by atoms with Crippen molar-refractivity contribution in [1.82, 2.24) is 0 Å². The number of phenols is 1. The Morgan fingerprint density at radius 1 is 1.12 bits per heavy atom. The van der Waals surface area contributed by atoms with Gasteiger partial charge in [0.1, 0.15) is 5.75 Å². The molecule has 0 fully saturated rings. The zero-order valence-corrected chi connectivity index (χ0v) is 11.5. The van der Waals surface area contributed by atoms with E-state index in [2.05, 4.69) is 20.8 Å². The second kappa shape index (κ2) is 5.07. The monoisotopic (exact) mass is 243 g/mol. The van der Waals surface area contributed by atoms with E-state index in [-0.39, 0.29) is 23.9 Å². The molecule has 92 valence electrons. The normalized spacial score (nSPS) is 13.1. The standard InChI is InChI=1S/C13H21NO.ClH/c1-8-6-10(15)7-9(2)11(8)12(14)13(3,4)5;/h6-7,12,15H,14H2,1-5H3;1H/t12-;/m0./s1. The van der Waals surface area contributed by atoms with Crippen LogP contribution in [0.15, 0.2) is 12.1 Å². The summed E-state index contributed by atoms with van der Waals surface area (Å²) >= 11 is 0. The lowest BCUT2D eigenvalue weighted by molar-refractivity contribution is 0.324. The molecule has 0 aliphatic heterocycles. The number of phenolic OH excluding ortho intramolecular Hbond substituents is 1. The van der Waals surface area contributed by atoms with Crippen molar-refractivity contribution in [2.75, 3.05) is 0 Å². The van der Waals surface area contributed by atoms with Crippen LogP contribution in [0.5, 0.6) is 5.75 Å². The van der Waals surface area contributed by atoms with Gasteiger partial charge in [0, 0.05) is 6.04 Å². The van der Waals surface area contributed by atoms with E-state index < -0.39 is 0 Å². The van der Waals surface area contributed by atoms with Crippen LogP contribution >= 0.6 is 12.4 Å². The highest BCUT2D eigenvalue weighted by atomic mass is 35.5. The molecule has 1 aromatic rings. The smallest absolute Gasteiger partial charge is 0.116 e. The molecule has 1 rings (SSSR count). The highest BCUT2D eigenvalue weighted by Gasteiger charge is 2.25. The van der Waals surface area contributed by atoms with E-state index in [1.165, 1.54) is 0 Å². The van der Waals surface area contributed by atoms with Gasteiger partial charge in [-0.1, -0.05) is 20.8 Å². The third-order valence-corrected chi connectivity index (χ3v) is 2.82. The summed E-state index contributed by atoms with van der Waals surface area (Å²) in [5.41, 5.74) is 9.56. The summed E-state index contributed by atoms with van der Waals surface area (Å²) in [6.07, 6.45) is 0. The van der Waals surface area contributed by atoms with Gasteiger partial charge in [-0.2, -0.15) is 0 Å². The Labute approximate surface area is 104 Å². The summed E-state index contributed by atoms with van der Waals surface area (Å²) < 4.78 is 0. The number of rotatable bonds is 1. The Kier molecular flexibility index (Phi) is 4.84. The average Bonchev–Trinajstić information content (AvgIpc) is 1.99. The SMILES string of the molecule is Cc1cc(O)cc(C)c1[C@H](N)C(C)(C)C.Cl. The fourth-order valence-electron chi connectivity index (χ4n) is 1.88.